The van der Waals surface area contributed by atoms with Gasteiger partial charge in [0.25, 0.3) is 0 Å². The highest BCUT2D eigenvalue weighted by molar-refractivity contribution is 5.98. The van der Waals surface area contributed by atoms with E-state index < -0.39 is 5.97 Å². The summed E-state index contributed by atoms with van der Waals surface area (Å²) in [6.07, 6.45) is 0. The van der Waals surface area contributed by atoms with E-state index in [2.05, 4.69) is 4.98 Å². The number of aromatic nitrogens is 1. The zero-order chi connectivity index (χ0) is 11.2. The van der Waals surface area contributed by atoms with Gasteiger partial charge in [0.15, 0.2) is 0 Å². The van der Waals surface area contributed by atoms with E-state index in [0.717, 1.165) is 22.2 Å². The molecule has 0 amide bonds. The van der Waals surface area contributed by atoms with Crippen molar-refractivity contribution in [3.8, 4) is 5.75 Å². The van der Waals surface area contributed by atoms with Crippen molar-refractivity contribution in [3.05, 3.63) is 29.0 Å². The van der Waals surface area contributed by atoms with Crippen LogP contribution in [0, 0.1) is 13.8 Å². The molecular formula is C11H11NO3. The lowest BCUT2D eigenvalue weighted by atomic mass is 10.1. The van der Waals surface area contributed by atoms with Crippen LogP contribution in [0.4, 0.5) is 0 Å². The second-order valence-electron chi connectivity index (χ2n) is 3.60. The highest BCUT2D eigenvalue weighted by Crippen LogP contribution is 2.28. The van der Waals surface area contributed by atoms with Crippen LogP contribution in [0.2, 0.25) is 0 Å². The Kier molecular flexibility index (Phi) is 1.93. The van der Waals surface area contributed by atoms with Gasteiger partial charge in [-0.2, -0.15) is 0 Å². The number of hydrogen-bond acceptors (Lipinski definition) is 2. The summed E-state index contributed by atoms with van der Waals surface area (Å²) in [5, 5.41) is 19.2. The van der Waals surface area contributed by atoms with Gasteiger partial charge < -0.3 is 15.2 Å². The van der Waals surface area contributed by atoms with Crippen LogP contribution in [-0.2, 0) is 0 Å². The molecule has 78 valence electrons. The Balaban J connectivity index is 2.83. The van der Waals surface area contributed by atoms with Crippen LogP contribution in [0.5, 0.6) is 5.75 Å². The molecule has 1 aromatic carbocycles. The van der Waals surface area contributed by atoms with Crippen LogP contribution < -0.4 is 0 Å². The summed E-state index contributed by atoms with van der Waals surface area (Å²) in [7, 11) is 0. The molecule has 4 heteroatoms. The van der Waals surface area contributed by atoms with E-state index in [4.69, 9.17) is 5.11 Å². The van der Waals surface area contributed by atoms with E-state index in [9.17, 15) is 9.90 Å². The van der Waals surface area contributed by atoms with Crippen molar-refractivity contribution in [1.82, 2.24) is 4.98 Å². The number of fused-ring (bicyclic) bond motifs is 1. The number of aromatic carboxylic acids is 1. The van der Waals surface area contributed by atoms with E-state index in [-0.39, 0.29) is 11.3 Å². The molecule has 1 heterocycles. The van der Waals surface area contributed by atoms with E-state index in [1.54, 1.807) is 0 Å². The number of hydrogen-bond donors (Lipinski definition) is 3. The predicted molar refractivity (Wildman–Crippen MR) is 56.4 cm³/mol. The molecule has 0 fully saturated rings. The molecule has 1 aromatic heterocycles. The average molecular weight is 205 g/mol. The van der Waals surface area contributed by atoms with E-state index >= 15 is 0 Å². The van der Waals surface area contributed by atoms with Crippen LogP contribution >= 0.6 is 0 Å². The summed E-state index contributed by atoms with van der Waals surface area (Å²) >= 11 is 0. The SMILES string of the molecule is Cc1[nH]c2cc(O)c(C(=O)O)cc2c1C. The first-order valence-corrected chi connectivity index (χ1v) is 4.56. The third-order valence-electron chi connectivity index (χ3n) is 2.65. The topological polar surface area (TPSA) is 73.3 Å². The Morgan fingerprint density at radius 2 is 2.00 bits per heavy atom. The molecule has 0 bridgehead atoms. The first kappa shape index (κ1) is 9.58. The molecule has 2 rings (SSSR count). The Morgan fingerprint density at radius 1 is 1.33 bits per heavy atom. The molecule has 0 unspecified atom stereocenters. The number of carboxylic acids is 1. The van der Waals surface area contributed by atoms with Gasteiger partial charge in [-0.05, 0) is 25.5 Å². The summed E-state index contributed by atoms with van der Waals surface area (Å²) in [5.74, 6) is -1.33. The van der Waals surface area contributed by atoms with Gasteiger partial charge in [-0.15, -0.1) is 0 Å². The summed E-state index contributed by atoms with van der Waals surface area (Å²) in [4.78, 5) is 13.9. The van der Waals surface area contributed by atoms with E-state index in [1.165, 1.54) is 12.1 Å². The Morgan fingerprint density at radius 3 is 2.60 bits per heavy atom. The van der Waals surface area contributed by atoms with Crippen LogP contribution in [0.3, 0.4) is 0 Å². The third-order valence-corrected chi connectivity index (χ3v) is 2.65. The fourth-order valence-electron chi connectivity index (χ4n) is 1.67. The zero-order valence-corrected chi connectivity index (χ0v) is 8.46. The lowest BCUT2D eigenvalue weighted by Gasteiger charge is -1.99. The van der Waals surface area contributed by atoms with Gasteiger partial charge in [0, 0.05) is 22.7 Å². The lowest BCUT2D eigenvalue weighted by molar-refractivity contribution is 0.0694. The normalized spacial score (nSPS) is 10.8. The Labute approximate surface area is 86.2 Å². The number of H-pyrrole nitrogens is 1. The first-order chi connectivity index (χ1) is 7.00. The fraction of sp³-hybridized carbons (Fsp3) is 0.182. The first-order valence-electron chi connectivity index (χ1n) is 4.56. The summed E-state index contributed by atoms with van der Waals surface area (Å²) in [6, 6.07) is 2.94. The zero-order valence-electron chi connectivity index (χ0n) is 8.46. The summed E-state index contributed by atoms with van der Waals surface area (Å²) in [6.45, 7) is 3.82. The molecule has 4 nitrogen and oxygen atoms in total. The quantitative estimate of drug-likeness (QED) is 0.668. The van der Waals surface area contributed by atoms with Gasteiger partial charge in [0.2, 0.25) is 0 Å². The number of phenols is 1. The highest BCUT2D eigenvalue weighted by atomic mass is 16.4. The number of rotatable bonds is 1. The minimum atomic E-state index is -1.12. The van der Waals surface area contributed by atoms with Gasteiger partial charge in [-0.1, -0.05) is 0 Å². The molecule has 0 aliphatic heterocycles. The second kappa shape index (κ2) is 3.02. The molecule has 0 aliphatic carbocycles. The molecule has 15 heavy (non-hydrogen) atoms. The monoisotopic (exact) mass is 205 g/mol. The number of aromatic amines is 1. The van der Waals surface area contributed by atoms with Crippen molar-refractivity contribution in [3.63, 3.8) is 0 Å². The van der Waals surface area contributed by atoms with Crippen molar-refractivity contribution in [2.24, 2.45) is 0 Å². The van der Waals surface area contributed by atoms with Gasteiger partial charge >= 0.3 is 5.97 Å². The fourth-order valence-corrected chi connectivity index (χ4v) is 1.67. The smallest absolute Gasteiger partial charge is 0.339 e. The maximum atomic E-state index is 10.8. The largest absolute Gasteiger partial charge is 0.507 e. The molecule has 2 aromatic rings. The number of nitrogens with one attached hydrogen (secondary N) is 1. The molecular weight excluding hydrogens is 194 g/mol. The van der Waals surface area contributed by atoms with Crippen molar-refractivity contribution >= 4 is 16.9 Å². The summed E-state index contributed by atoms with van der Waals surface area (Å²) < 4.78 is 0. The maximum Gasteiger partial charge on any atom is 0.339 e. The minimum Gasteiger partial charge on any atom is -0.507 e. The number of aryl methyl sites for hydroxylation is 2. The van der Waals surface area contributed by atoms with Crippen LogP contribution in [-0.4, -0.2) is 21.2 Å². The highest BCUT2D eigenvalue weighted by Gasteiger charge is 2.13. The molecule has 0 saturated carbocycles. The van der Waals surface area contributed by atoms with Gasteiger partial charge in [-0.25, -0.2) is 4.79 Å². The van der Waals surface area contributed by atoms with E-state index in [1.807, 2.05) is 13.8 Å². The molecule has 0 atom stereocenters. The molecule has 3 N–H and O–H groups in total. The maximum absolute atomic E-state index is 10.8. The number of aromatic hydroxyl groups is 1. The van der Waals surface area contributed by atoms with Crippen molar-refractivity contribution in [1.29, 1.82) is 0 Å². The molecule has 0 radical (unpaired) electrons. The van der Waals surface area contributed by atoms with Crippen molar-refractivity contribution < 1.29 is 15.0 Å². The van der Waals surface area contributed by atoms with Gasteiger partial charge in [0.1, 0.15) is 11.3 Å². The molecule has 0 aliphatic rings. The Bertz CT molecular complexity index is 554. The van der Waals surface area contributed by atoms with Crippen molar-refractivity contribution in [2.75, 3.05) is 0 Å². The van der Waals surface area contributed by atoms with Gasteiger partial charge in [0.05, 0.1) is 0 Å². The number of benzene rings is 1. The molecule has 0 spiro atoms. The van der Waals surface area contributed by atoms with Crippen LogP contribution in [0.25, 0.3) is 10.9 Å². The number of carbonyl (C=O) groups is 1. The third kappa shape index (κ3) is 1.34. The average Bonchev–Trinajstić information content (AvgIpc) is 2.41. The lowest BCUT2D eigenvalue weighted by Crippen LogP contribution is -1.96. The van der Waals surface area contributed by atoms with Crippen LogP contribution in [0.15, 0.2) is 12.1 Å². The standard InChI is InChI=1S/C11H11NO3/c1-5-6(2)12-9-4-10(13)8(11(14)15)3-7(5)9/h3-4,12-13H,1-2H3,(H,14,15). The summed E-state index contributed by atoms with van der Waals surface area (Å²) in [5.41, 5.74) is 2.68. The van der Waals surface area contributed by atoms with Crippen molar-refractivity contribution in [2.45, 2.75) is 13.8 Å². The molecule has 0 saturated heterocycles. The van der Waals surface area contributed by atoms with Crippen LogP contribution in [0.1, 0.15) is 21.6 Å². The second-order valence-corrected chi connectivity index (χ2v) is 3.60. The van der Waals surface area contributed by atoms with Gasteiger partial charge in [-0.3, -0.25) is 0 Å². The van der Waals surface area contributed by atoms with E-state index in [0.29, 0.717) is 0 Å². The predicted octanol–water partition coefficient (Wildman–Crippen LogP) is 2.19. The minimum absolute atomic E-state index is 0.0652. The Hall–Kier alpha value is -1.97. The number of carboxylic acid groups (broad SMARTS) is 1.